The summed E-state index contributed by atoms with van der Waals surface area (Å²) in [7, 11) is 0. The molecule has 0 aromatic carbocycles. The van der Waals surface area contributed by atoms with Crippen molar-refractivity contribution in [3.63, 3.8) is 0 Å². The van der Waals surface area contributed by atoms with Gasteiger partial charge >= 0.3 is 0 Å². The minimum Gasteiger partial charge on any atom is -0.305 e. The van der Waals surface area contributed by atoms with Gasteiger partial charge in [0.2, 0.25) is 0 Å². The number of anilines is 1. The first kappa shape index (κ1) is 14.6. The van der Waals surface area contributed by atoms with Crippen LogP contribution in [0.5, 0.6) is 0 Å². The number of aromatic nitrogens is 4. The minimum atomic E-state index is -0.324. The smallest absolute Gasteiger partial charge is 0.278 e. The summed E-state index contributed by atoms with van der Waals surface area (Å²) in [6, 6.07) is 3.56. The molecule has 0 spiro atoms. The van der Waals surface area contributed by atoms with Gasteiger partial charge < -0.3 is 5.32 Å². The fourth-order valence-corrected chi connectivity index (χ4v) is 1.71. The van der Waals surface area contributed by atoms with E-state index in [0.29, 0.717) is 5.82 Å². The van der Waals surface area contributed by atoms with Crippen molar-refractivity contribution in [1.82, 2.24) is 20.0 Å². The SMILES string of the molecule is Cc1nc(NC(=O)c2cn(C(C)(C)C)nn2)ccc1Br. The number of pyridine rings is 1. The zero-order chi connectivity index (χ0) is 14.9. The normalized spacial score (nSPS) is 11.4. The highest BCUT2D eigenvalue weighted by atomic mass is 79.9. The maximum atomic E-state index is 12.1. The van der Waals surface area contributed by atoms with Gasteiger partial charge in [-0.2, -0.15) is 0 Å². The molecule has 0 bridgehead atoms. The van der Waals surface area contributed by atoms with Crippen molar-refractivity contribution in [3.8, 4) is 0 Å². The zero-order valence-electron chi connectivity index (χ0n) is 11.8. The van der Waals surface area contributed by atoms with Gasteiger partial charge in [-0.25, -0.2) is 9.67 Å². The average molecular weight is 338 g/mol. The zero-order valence-corrected chi connectivity index (χ0v) is 13.4. The summed E-state index contributed by atoms with van der Waals surface area (Å²) in [5, 5.41) is 10.5. The summed E-state index contributed by atoms with van der Waals surface area (Å²) in [4.78, 5) is 16.3. The van der Waals surface area contributed by atoms with Crippen LogP contribution in [0.2, 0.25) is 0 Å². The molecule has 0 aliphatic carbocycles. The summed E-state index contributed by atoms with van der Waals surface area (Å²) >= 11 is 3.36. The Labute approximate surface area is 125 Å². The van der Waals surface area contributed by atoms with Crippen molar-refractivity contribution in [2.45, 2.75) is 33.2 Å². The maximum absolute atomic E-state index is 12.1. The first-order chi connectivity index (χ1) is 9.27. The second-order valence-corrected chi connectivity index (χ2v) is 6.29. The highest BCUT2D eigenvalue weighted by Crippen LogP contribution is 2.17. The molecule has 0 radical (unpaired) electrons. The third kappa shape index (κ3) is 3.22. The lowest BCUT2D eigenvalue weighted by atomic mass is 10.1. The molecule has 0 saturated carbocycles. The van der Waals surface area contributed by atoms with Gasteiger partial charge in [-0.15, -0.1) is 5.10 Å². The van der Waals surface area contributed by atoms with Gasteiger partial charge in [-0.1, -0.05) is 5.21 Å². The van der Waals surface area contributed by atoms with Crippen molar-refractivity contribution >= 4 is 27.7 Å². The van der Waals surface area contributed by atoms with E-state index in [-0.39, 0.29) is 17.1 Å². The van der Waals surface area contributed by atoms with Crippen molar-refractivity contribution < 1.29 is 4.79 Å². The molecule has 2 heterocycles. The molecule has 2 aromatic rings. The average Bonchev–Trinajstić information content (AvgIpc) is 2.83. The van der Waals surface area contributed by atoms with Gasteiger partial charge in [-0.05, 0) is 55.8 Å². The van der Waals surface area contributed by atoms with E-state index in [0.717, 1.165) is 10.2 Å². The van der Waals surface area contributed by atoms with Crippen LogP contribution in [0.25, 0.3) is 0 Å². The first-order valence-corrected chi connectivity index (χ1v) is 6.94. The van der Waals surface area contributed by atoms with Crippen LogP contribution in [0, 0.1) is 6.92 Å². The number of hydrogen-bond acceptors (Lipinski definition) is 4. The summed E-state index contributed by atoms with van der Waals surface area (Å²) in [5.41, 5.74) is 0.862. The molecule has 2 aromatic heterocycles. The van der Waals surface area contributed by atoms with E-state index in [9.17, 15) is 4.79 Å². The number of amides is 1. The van der Waals surface area contributed by atoms with Crippen LogP contribution in [-0.2, 0) is 5.54 Å². The van der Waals surface area contributed by atoms with E-state index < -0.39 is 0 Å². The van der Waals surface area contributed by atoms with Crippen molar-refractivity contribution in [2.75, 3.05) is 5.32 Å². The summed E-state index contributed by atoms with van der Waals surface area (Å²) in [5.74, 6) is 0.163. The molecular formula is C13H16BrN5O. The molecule has 0 unspecified atom stereocenters. The molecule has 20 heavy (non-hydrogen) atoms. The lowest BCUT2D eigenvalue weighted by Gasteiger charge is -2.17. The molecule has 0 aliphatic rings. The summed E-state index contributed by atoms with van der Waals surface area (Å²) < 4.78 is 2.55. The van der Waals surface area contributed by atoms with E-state index in [1.165, 1.54) is 0 Å². The van der Waals surface area contributed by atoms with Crippen LogP contribution in [0.15, 0.2) is 22.8 Å². The molecule has 0 atom stereocenters. The van der Waals surface area contributed by atoms with E-state index in [4.69, 9.17) is 0 Å². The molecular weight excluding hydrogens is 322 g/mol. The predicted molar refractivity (Wildman–Crippen MR) is 79.6 cm³/mol. The lowest BCUT2D eigenvalue weighted by Crippen LogP contribution is -2.22. The Bertz CT molecular complexity index is 644. The monoisotopic (exact) mass is 337 g/mol. The van der Waals surface area contributed by atoms with Crippen molar-refractivity contribution in [2.24, 2.45) is 0 Å². The van der Waals surface area contributed by atoms with Crippen LogP contribution >= 0.6 is 15.9 Å². The second kappa shape index (κ2) is 5.32. The fourth-order valence-electron chi connectivity index (χ4n) is 1.49. The van der Waals surface area contributed by atoms with E-state index >= 15 is 0 Å². The number of hydrogen-bond donors (Lipinski definition) is 1. The molecule has 0 aliphatic heterocycles. The Balaban J connectivity index is 2.16. The number of halogens is 1. The van der Waals surface area contributed by atoms with E-state index in [1.807, 2.05) is 33.8 Å². The number of nitrogens with zero attached hydrogens (tertiary/aromatic N) is 4. The molecule has 106 valence electrons. The number of aryl methyl sites for hydroxylation is 1. The maximum Gasteiger partial charge on any atom is 0.278 e. The van der Waals surface area contributed by atoms with Gasteiger partial charge in [0.25, 0.3) is 5.91 Å². The second-order valence-electron chi connectivity index (χ2n) is 5.44. The minimum absolute atomic E-state index is 0.210. The number of carbonyl (C=O) groups is 1. The van der Waals surface area contributed by atoms with Gasteiger partial charge in [0.15, 0.2) is 5.69 Å². The fraction of sp³-hybridized carbons (Fsp3) is 0.385. The van der Waals surface area contributed by atoms with Crippen LogP contribution in [0.3, 0.4) is 0 Å². The largest absolute Gasteiger partial charge is 0.305 e. The lowest BCUT2D eigenvalue weighted by molar-refractivity contribution is 0.102. The molecule has 1 amide bonds. The standard InChI is InChI=1S/C13H16BrN5O/c1-8-9(14)5-6-11(15-8)16-12(20)10-7-19(18-17-10)13(2,3)4/h5-7H,1-4H3,(H,15,16,20). The van der Waals surface area contributed by atoms with Gasteiger partial charge in [0.05, 0.1) is 17.4 Å². The Morgan fingerprint density at radius 1 is 1.35 bits per heavy atom. The Morgan fingerprint density at radius 3 is 2.60 bits per heavy atom. The van der Waals surface area contributed by atoms with Crippen LogP contribution in [0.1, 0.15) is 37.0 Å². The Kier molecular flexibility index (Phi) is 3.89. The predicted octanol–water partition coefficient (Wildman–Crippen LogP) is 2.75. The topological polar surface area (TPSA) is 72.7 Å². The van der Waals surface area contributed by atoms with Gasteiger partial charge in [-0.3, -0.25) is 4.79 Å². The highest BCUT2D eigenvalue weighted by Gasteiger charge is 2.18. The molecule has 1 N–H and O–H groups in total. The quantitative estimate of drug-likeness (QED) is 0.914. The highest BCUT2D eigenvalue weighted by molar-refractivity contribution is 9.10. The molecule has 0 saturated heterocycles. The Hall–Kier alpha value is -1.76. The first-order valence-electron chi connectivity index (χ1n) is 6.15. The number of carbonyl (C=O) groups excluding carboxylic acids is 1. The molecule has 6 nitrogen and oxygen atoms in total. The van der Waals surface area contributed by atoms with Crippen LogP contribution in [0.4, 0.5) is 5.82 Å². The van der Waals surface area contributed by atoms with E-state index in [1.54, 1.807) is 16.9 Å². The van der Waals surface area contributed by atoms with Crippen LogP contribution in [-0.4, -0.2) is 25.9 Å². The molecule has 7 heteroatoms. The summed E-state index contributed by atoms with van der Waals surface area (Å²) in [6.45, 7) is 7.82. The third-order valence-electron chi connectivity index (χ3n) is 2.68. The van der Waals surface area contributed by atoms with Gasteiger partial charge in [0, 0.05) is 4.47 Å². The van der Waals surface area contributed by atoms with E-state index in [2.05, 4.69) is 36.5 Å². The number of nitrogens with one attached hydrogen (secondary N) is 1. The molecule has 2 rings (SSSR count). The van der Waals surface area contributed by atoms with Crippen molar-refractivity contribution in [1.29, 1.82) is 0 Å². The number of rotatable bonds is 2. The molecule has 0 fully saturated rings. The van der Waals surface area contributed by atoms with Gasteiger partial charge in [0.1, 0.15) is 5.82 Å². The van der Waals surface area contributed by atoms with Crippen LogP contribution < -0.4 is 5.32 Å². The summed E-state index contributed by atoms with van der Waals surface area (Å²) in [6.07, 6.45) is 1.63. The Morgan fingerprint density at radius 2 is 2.05 bits per heavy atom. The van der Waals surface area contributed by atoms with Crippen molar-refractivity contribution in [3.05, 3.63) is 34.2 Å². The third-order valence-corrected chi connectivity index (χ3v) is 3.51.